The molecule has 1 fully saturated rings. The van der Waals surface area contributed by atoms with Crippen molar-refractivity contribution in [2.45, 2.75) is 32.2 Å². The number of aromatic nitrogens is 1. The zero-order valence-electron chi connectivity index (χ0n) is 10.8. The summed E-state index contributed by atoms with van der Waals surface area (Å²) in [4.78, 5) is 4.10. The highest BCUT2D eigenvalue weighted by molar-refractivity contribution is 9.10. The fourth-order valence-electron chi connectivity index (χ4n) is 2.17. The molecule has 2 rings (SSSR count). The second-order valence-corrected chi connectivity index (χ2v) is 7.53. The van der Waals surface area contributed by atoms with Crippen molar-refractivity contribution in [1.29, 1.82) is 0 Å². The average Bonchev–Trinajstić information content (AvgIpc) is 2.33. The Balaban J connectivity index is 2.03. The number of nitrogens with one attached hydrogen (secondary N) is 2. The summed E-state index contributed by atoms with van der Waals surface area (Å²) in [5.41, 5.74) is 0.801. The van der Waals surface area contributed by atoms with Crippen LogP contribution in [0.1, 0.15) is 24.8 Å². The van der Waals surface area contributed by atoms with Crippen LogP contribution in [0.5, 0.6) is 0 Å². The number of halogens is 1. The maximum absolute atomic E-state index is 12.1. The Kier molecular flexibility index (Phi) is 4.81. The predicted molar refractivity (Wildman–Crippen MR) is 79.7 cm³/mol. The normalized spacial score (nSPS) is 20.2. The highest BCUT2D eigenvalue weighted by Crippen LogP contribution is 2.18. The van der Waals surface area contributed by atoms with Gasteiger partial charge >= 0.3 is 0 Å². The predicted octanol–water partition coefficient (Wildman–Crippen LogP) is 2.04. The van der Waals surface area contributed by atoms with Crippen molar-refractivity contribution in [3.8, 4) is 0 Å². The maximum atomic E-state index is 12.1. The molecule has 7 heteroatoms. The van der Waals surface area contributed by atoms with E-state index in [-0.39, 0.29) is 11.8 Å². The standard InChI is InChI=1S/C12H18BrN3O2S/c1-9-6-10(13)7-15-12(9)16-19(17,18)8-11-4-2-3-5-14-11/h6-7,11,14H,2-5,8H2,1H3,(H,15,16). The van der Waals surface area contributed by atoms with Crippen molar-refractivity contribution >= 4 is 31.8 Å². The van der Waals surface area contributed by atoms with E-state index >= 15 is 0 Å². The van der Waals surface area contributed by atoms with Crippen molar-refractivity contribution in [3.63, 3.8) is 0 Å². The second-order valence-electron chi connectivity index (χ2n) is 4.85. The van der Waals surface area contributed by atoms with Crippen LogP contribution >= 0.6 is 15.9 Å². The fourth-order valence-corrected chi connectivity index (χ4v) is 4.02. The lowest BCUT2D eigenvalue weighted by molar-refractivity contribution is 0.424. The molecule has 1 unspecified atom stereocenters. The van der Waals surface area contributed by atoms with Crippen molar-refractivity contribution in [3.05, 3.63) is 22.3 Å². The monoisotopic (exact) mass is 347 g/mol. The van der Waals surface area contributed by atoms with Crippen molar-refractivity contribution in [2.24, 2.45) is 0 Å². The van der Waals surface area contributed by atoms with Gasteiger partial charge in [-0.2, -0.15) is 0 Å². The summed E-state index contributed by atoms with van der Waals surface area (Å²) in [7, 11) is -3.36. The van der Waals surface area contributed by atoms with Gasteiger partial charge in [0.2, 0.25) is 10.0 Å². The van der Waals surface area contributed by atoms with Gasteiger partial charge in [-0.15, -0.1) is 0 Å². The summed E-state index contributed by atoms with van der Waals surface area (Å²) in [5, 5.41) is 3.24. The van der Waals surface area contributed by atoms with Crippen LogP contribution in [0.2, 0.25) is 0 Å². The van der Waals surface area contributed by atoms with E-state index in [0.717, 1.165) is 35.8 Å². The molecule has 0 aliphatic carbocycles. The van der Waals surface area contributed by atoms with E-state index in [2.05, 4.69) is 31.0 Å². The summed E-state index contributed by atoms with van der Waals surface area (Å²) in [5.74, 6) is 0.503. The summed E-state index contributed by atoms with van der Waals surface area (Å²) in [6, 6.07) is 1.88. The Labute approximate surface area is 122 Å². The molecule has 106 valence electrons. The van der Waals surface area contributed by atoms with E-state index in [4.69, 9.17) is 0 Å². The molecule has 1 aliphatic heterocycles. The second kappa shape index (κ2) is 6.19. The van der Waals surface area contributed by atoms with Crippen molar-refractivity contribution in [2.75, 3.05) is 17.0 Å². The van der Waals surface area contributed by atoms with Crippen LogP contribution in [0.25, 0.3) is 0 Å². The smallest absolute Gasteiger partial charge is 0.235 e. The van der Waals surface area contributed by atoms with Crippen molar-refractivity contribution < 1.29 is 8.42 Å². The van der Waals surface area contributed by atoms with Gasteiger partial charge in [0.15, 0.2) is 0 Å². The molecule has 1 aromatic heterocycles. The number of hydrogen-bond donors (Lipinski definition) is 2. The topological polar surface area (TPSA) is 71.1 Å². The number of aryl methyl sites for hydroxylation is 1. The molecule has 0 bridgehead atoms. The number of rotatable bonds is 4. The van der Waals surface area contributed by atoms with Gasteiger partial charge in [0, 0.05) is 16.7 Å². The Morgan fingerprint density at radius 3 is 2.95 bits per heavy atom. The number of hydrogen-bond acceptors (Lipinski definition) is 4. The van der Waals surface area contributed by atoms with Crippen LogP contribution in [0, 0.1) is 6.92 Å². The lowest BCUT2D eigenvalue weighted by Gasteiger charge is -2.23. The summed E-state index contributed by atoms with van der Waals surface area (Å²) in [6.07, 6.45) is 4.71. The molecule has 0 amide bonds. The molecule has 2 heterocycles. The molecule has 0 aromatic carbocycles. The van der Waals surface area contributed by atoms with Gasteiger partial charge < -0.3 is 5.32 Å². The molecule has 0 spiro atoms. The minimum absolute atomic E-state index is 0.0435. The van der Waals surface area contributed by atoms with E-state index < -0.39 is 10.0 Å². The van der Waals surface area contributed by atoms with Gasteiger partial charge in [0.05, 0.1) is 5.75 Å². The lowest BCUT2D eigenvalue weighted by Crippen LogP contribution is -2.40. The molecule has 0 saturated carbocycles. The third-order valence-electron chi connectivity index (χ3n) is 3.13. The van der Waals surface area contributed by atoms with Crippen LogP contribution in [0.15, 0.2) is 16.7 Å². The number of sulfonamides is 1. The number of anilines is 1. The molecule has 19 heavy (non-hydrogen) atoms. The molecular weight excluding hydrogens is 330 g/mol. The van der Waals surface area contributed by atoms with Gasteiger partial charge in [-0.3, -0.25) is 4.72 Å². The summed E-state index contributed by atoms with van der Waals surface area (Å²) in [6.45, 7) is 2.73. The van der Waals surface area contributed by atoms with Crippen LogP contribution in [-0.4, -0.2) is 31.7 Å². The highest BCUT2D eigenvalue weighted by Gasteiger charge is 2.21. The molecule has 1 atom stereocenters. The highest BCUT2D eigenvalue weighted by atomic mass is 79.9. The fraction of sp³-hybridized carbons (Fsp3) is 0.583. The Morgan fingerprint density at radius 1 is 1.53 bits per heavy atom. The number of piperidine rings is 1. The first-order valence-electron chi connectivity index (χ1n) is 6.32. The minimum Gasteiger partial charge on any atom is -0.313 e. The van der Waals surface area contributed by atoms with Gasteiger partial charge in [0.25, 0.3) is 0 Å². The zero-order valence-corrected chi connectivity index (χ0v) is 13.2. The van der Waals surface area contributed by atoms with E-state index in [9.17, 15) is 8.42 Å². The zero-order chi connectivity index (χ0) is 13.9. The summed E-state index contributed by atoms with van der Waals surface area (Å²) >= 11 is 3.31. The van der Waals surface area contributed by atoms with Gasteiger partial charge in [-0.05, 0) is 53.9 Å². The van der Waals surface area contributed by atoms with Crippen LogP contribution in [-0.2, 0) is 10.0 Å². The van der Waals surface area contributed by atoms with Gasteiger partial charge in [0.1, 0.15) is 5.82 Å². The molecule has 0 radical (unpaired) electrons. The summed E-state index contributed by atoms with van der Waals surface area (Å²) < 4.78 is 27.6. The first kappa shape index (κ1) is 14.7. The van der Waals surface area contributed by atoms with E-state index in [0.29, 0.717) is 5.82 Å². The number of nitrogens with zero attached hydrogens (tertiary/aromatic N) is 1. The van der Waals surface area contributed by atoms with Crippen LogP contribution in [0.3, 0.4) is 0 Å². The van der Waals surface area contributed by atoms with E-state index in [1.165, 1.54) is 0 Å². The molecule has 1 aliphatic rings. The first-order valence-corrected chi connectivity index (χ1v) is 8.77. The van der Waals surface area contributed by atoms with Crippen LogP contribution in [0.4, 0.5) is 5.82 Å². The first-order chi connectivity index (χ1) is 8.96. The largest absolute Gasteiger partial charge is 0.313 e. The maximum Gasteiger partial charge on any atom is 0.235 e. The van der Waals surface area contributed by atoms with Gasteiger partial charge in [-0.25, -0.2) is 13.4 Å². The molecule has 1 saturated heterocycles. The average molecular weight is 348 g/mol. The lowest BCUT2D eigenvalue weighted by atomic mass is 10.1. The number of pyridine rings is 1. The van der Waals surface area contributed by atoms with E-state index in [1.54, 1.807) is 6.20 Å². The SMILES string of the molecule is Cc1cc(Br)cnc1NS(=O)(=O)CC1CCCCN1. The third-order valence-corrected chi connectivity index (χ3v) is 4.91. The molecule has 1 aromatic rings. The van der Waals surface area contributed by atoms with Gasteiger partial charge in [-0.1, -0.05) is 6.42 Å². The van der Waals surface area contributed by atoms with Crippen LogP contribution < -0.4 is 10.0 Å². The molecular formula is C12H18BrN3O2S. The molecule has 5 nitrogen and oxygen atoms in total. The van der Waals surface area contributed by atoms with E-state index in [1.807, 2.05) is 13.0 Å². The third kappa shape index (κ3) is 4.43. The Bertz CT molecular complexity index is 542. The Hall–Kier alpha value is -0.660. The minimum atomic E-state index is -3.36. The van der Waals surface area contributed by atoms with Crippen molar-refractivity contribution in [1.82, 2.24) is 10.3 Å². The molecule has 2 N–H and O–H groups in total. The Morgan fingerprint density at radius 2 is 2.32 bits per heavy atom. The quantitative estimate of drug-likeness (QED) is 0.874.